The fourth-order valence-corrected chi connectivity index (χ4v) is 6.88. The van der Waals surface area contributed by atoms with Crippen molar-refractivity contribution in [1.82, 2.24) is 20.3 Å². The third-order valence-corrected chi connectivity index (χ3v) is 8.96. The monoisotopic (exact) mass is 463 g/mol. The average Bonchev–Trinajstić information content (AvgIpc) is 3.14. The summed E-state index contributed by atoms with van der Waals surface area (Å²) in [6, 6.07) is 11.9. The van der Waals surface area contributed by atoms with Gasteiger partial charge in [-0.1, -0.05) is 36.8 Å². The van der Waals surface area contributed by atoms with Gasteiger partial charge >= 0.3 is 0 Å². The summed E-state index contributed by atoms with van der Waals surface area (Å²) in [7, 11) is 0.409. The lowest BCUT2D eigenvalue weighted by Gasteiger charge is -2.23. The second-order valence-corrected chi connectivity index (χ2v) is 10.6. The molecule has 162 valence electrons. The zero-order valence-corrected chi connectivity index (χ0v) is 19.0. The van der Waals surface area contributed by atoms with E-state index in [1.807, 2.05) is 36.4 Å². The molecular weight excluding hydrogens is 442 g/mol. The Balaban J connectivity index is 1.68. The van der Waals surface area contributed by atoms with Crippen LogP contribution in [0, 0.1) is 0 Å². The van der Waals surface area contributed by atoms with Crippen LogP contribution in [-0.2, 0) is 10.8 Å². The van der Waals surface area contributed by atoms with Gasteiger partial charge in [-0.2, -0.15) is 0 Å². The molecule has 1 saturated carbocycles. The fraction of sp³-hybridized carbons (Fsp3) is 0.217. The molecule has 1 aliphatic rings. The molecule has 3 N–H and O–H groups in total. The molecule has 0 bridgehead atoms. The van der Waals surface area contributed by atoms with Gasteiger partial charge in [0.2, 0.25) is 5.82 Å². The van der Waals surface area contributed by atoms with Crippen molar-refractivity contribution in [3.8, 4) is 22.4 Å². The van der Waals surface area contributed by atoms with E-state index in [0.29, 0.717) is 21.2 Å². The highest BCUT2D eigenvalue weighted by molar-refractivity contribution is 7.88. The molecule has 32 heavy (non-hydrogen) atoms. The number of nitrogens with two attached hydrogens (primary N) is 1. The third kappa shape index (κ3) is 3.57. The summed E-state index contributed by atoms with van der Waals surface area (Å²) in [6.07, 6.45) is 6.24. The number of rotatable bonds is 5. The number of nitrogens with one attached hydrogen (secondary N) is 1. The van der Waals surface area contributed by atoms with Gasteiger partial charge in [-0.25, -0.2) is 15.0 Å². The number of nitrogens with zero attached hydrogens (tertiary/aromatic N) is 3. The molecule has 5 rings (SSSR count). The van der Waals surface area contributed by atoms with Crippen molar-refractivity contribution in [2.45, 2.75) is 28.7 Å². The standard InChI is InChI=1S/C23H21N5O2S2/c1-25-21(29)20-26-11-14(12-27-20)17-10-16(13-6-3-2-4-7-13)18-19(24)23(31-22(18)28-17)32(30)15-8-5-9-15/h2-4,6-7,10-12,15H,5,8-9,24H2,1H3,(H,25,29). The maximum Gasteiger partial charge on any atom is 0.288 e. The van der Waals surface area contributed by atoms with E-state index in [-0.39, 0.29) is 17.0 Å². The quantitative estimate of drug-likeness (QED) is 0.462. The summed E-state index contributed by atoms with van der Waals surface area (Å²) in [5, 5.41) is 3.52. The Morgan fingerprint density at radius 1 is 1.16 bits per heavy atom. The number of hydrogen-bond acceptors (Lipinski definition) is 7. The van der Waals surface area contributed by atoms with Gasteiger partial charge < -0.3 is 11.1 Å². The van der Waals surface area contributed by atoms with Gasteiger partial charge in [0.1, 0.15) is 9.04 Å². The Morgan fingerprint density at radius 2 is 1.88 bits per heavy atom. The lowest BCUT2D eigenvalue weighted by molar-refractivity contribution is 0.0952. The molecule has 3 aromatic heterocycles. The number of carbonyl (C=O) groups is 1. The maximum atomic E-state index is 13.1. The Kier molecular flexibility index (Phi) is 5.44. The molecule has 4 aromatic rings. The van der Waals surface area contributed by atoms with E-state index in [9.17, 15) is 9.00 Å². The Hall–Kier alpha value is -3.17. The van der Waals surface area contributed by atoms with Crippen LogP contribution in [0.1, 0.15) is 29.9 Å². The number of hydrogen-bond donors (Lipinski definition) is 2. The van der Waals surface area contributed by atoms with Crippen molar-refractivity contribution in [2.75, 3.05) is 12.8 Å². The van der Waals surface area contributed by atoms with Crippen LogP contribution >= 0.6 is 11.3 Å². The van der Waals surface area contributed by atoms with Crippen LogP contribution in [0.5, 0.6) is 0 Å². The second kappa shape index (κ2) is 8.40. The summed E-state index contributed by atoms with van der Waals surface area (Å²) in [5.41, 5.74) is 10.4. The number of pyridine rings is 1. The van der Waals surface area contributed by atoms with Crippen LogP contribution in [0.4, 0.5) is 5.69 Å². The summed E-state index contributed by atoms with van der Waals surface area (Å²) in [6.45, 7) is 0. The number of nitrogen functional groups attached to an aromatic ring is 1. The number of aromatic nitrogens is 3. The first kappa shape index (κ1) is 20.7. The molecular formula is C23H21N5O2S2. The largest absolute Gasteiger partial charge is 0.396 e. The zero-order valence-electron chi connectivity index (χ0n) is 17.4. The van der Waals surface area contributed by atoms with Crippen molar-refractivity contribution in [2.24, 2.45) is 0 Å². The van der Waals surface area contributed by atoms with Crippen LogP contribution in [0.3, 0.4) is 0 Å². The zero-order chi connectivity index (χ0) is 22.2. The van der Waals surface area contributed by atoms with E-state index in [2.05, 4.69) is 15.3 Å². The van der Waals surface area contributed by atoms with E-state index in [1.165, 1.54) is 18.4 Å². The number of carbonyl (C=O) groups excluding carboxylic acids is 1. The Bertz CT molecular complexity index is 1330. The minimum atomic E-state index is -1.13. The molecule has 0 aliphatic heterocycles. The van der Waals surface area contributed by atoms with Crippen LogP contribution in [-0.4, -0.2) is 37.4 Å². The first-order valence-electron chi connectivity index (χ1n) is 10.3. The topological polar surface area (TPSA) is 111 Å². The summed E-state index contributed by atoms with van der Waals surface area (Å²) >= 11 is 1.40. The van der Waals surface area contributed by atoms with Gasteiger partial charge in [0.25, 0.3) is 5.91 Å². The minimum Gasteiger partial charge on any atom is -0.396 e. The van der Waals surface area contributed by atoms with E-state index < -0.39 is 10.8 Å². The molecule has 1 aromatic carbocycles. The van der Waals surface area contributed by atoms with E-state index in [4.69, 9.17) is 10.7 Å². The maximum absolute atomic E-state index is 13.1. The van der Waals surface area contributed by atoms with Crippen LogP contribution < -0.4 is 11.1 Å². The molecule has 9 heteroatoms. The van der Waals surface area contributed by atoms with Crippen molar-refractivity contribution in [1.29, 1.82) is 0 Å². The first-order chi connectivity index (χ1) is 15.6. The highest BCUT2D eigenvalue weighted by Gasteiger charge is 2.29. The number of amides is 1. The van der Waals surface area contributed by atoms with Gasteiger partial charge in [0.05, 0.1) is 22.2 Å². The van der Waals surface area contributed by atoms with Crippen LogP contribution in [0.25, 0.3) is 32.6 Å². The molecule has 1 amide bonds. The minimum absolute atomic E-state index is 0.0964. The van der Waals surface area contributed by atoms with Gasteiger partial charge in [-0.15, -0.1) is 11.3 Å². The SMILES string of the molecule is CNC(=O)c1ncc(-c2cc(-c3ccccc3)c3c(N)c(S(=O)C4CCC4)sc3n2)cn1. The predicted molar refractivity (Wildman–Crippen MR) is 128 cm³/mol. The molecule has 1 unspecified atom stereocenters. The molecule has 1 fully saturated rings. The van der Waals surface area contributed by atoms with Crippen LogP contribution in [0.2, 0.25) is 0 Å². The average molecular weight is 464 g/mol. The summed E-state index contributed by atoms with van der Waals surface area (Å²) < 4.78 is 13.8. The number of thiophene rings is 1. The van der Waals surface area contributed by atoms with Crippen molar-refractivity contribution >= 4 is 43.9 Å². The third-order valence-electron chi connectivity index (χ3n) is 5.67. The highest BCUT2D eigenvalue weighted by atomic mass is 32.2. The molecule has 1 aliphatic carbocycles. The second-order valence-electron chi connectivity index (χ2n) is 7.63. The fourth-order valence-electron chi connectivity index (χ4n) is 3.67. The molecule has 0 spiro atoms. The molecule has 1 atom stereocenters. The Morgan fingerprint density at radius 3 is 2.50 bits per heavy atom. The molecule has 0 radical (unpaired) electrons. The highest BCUT2D eigenvalue weighted by Crippen LogP contribution is 2.44. The molecule has 3 heterocycles. The summed E-state index contributed by atoms with van der Waals surface area (Å²) in [5.74, 6) is -0.252. The lowest BCUT2D eigenvalue weighted by atomic mass is 10.00. The van der Waals surface area contributed by atoms with E-state index in [1.54, 1.807) is 12.4 Å². The number of anilines is 1. The van der Waals surface area contributed by atoms with Gasteiger partial charge in [-0.3, -0.25) is 9.00 Å². The first-order valence-corrected chi connectivity index (χ1v) is 12.3. The number of fused-ring (bicyclic) bond motifs is 1. The molecule has 7 nitrogen and oxygen atoms in total. The van der Waals surface area contributed by atoms with Gasteiger partial charge in [-0.05, 0) is 30.0 Å². The van der Waals surface area contributed by atoms with Crippen molar-refractivity contribution in [3.05, 3.63) is 54.6 Å². The molecule has 0 saturated heterocycles. The predicted octanol–water partition coefficient (Wildman–Crippen LogP) is 4.02. The summed E-state index contributed by atoms with van der Waals surface area (Å²) in [4.78, 5) is 25.7. The lowest BCUT2D eigenvalue weighted by Crippen LogP contribution is -2.23. The van der Waals surface area contributed by atoms with Crippen molar-refractivity contribution in [3.63, 3.8) is 0 Å². The van der Waals surface area contributed by atoms with E-state index >= 15 is 0 Å². The number of benzene rings is 1. The van der Waals surface area contributed by atoms with Gasteiger partial charge in [0.15, 0.2) is 0 Å². The van der Waals surface area contributed by atoms with Crippen LogP contribution in [0.15, 0.2) is 53.0 Å². The van der Waals surface area contributed by atoms with Crippen molar-refractivity contribution < 1.29 is 9.00 Å². The normalized spacial score (nSPS) is 14.8. The smallest absolute Gasteiger partial charge is 0.288 e. The van der Waals surface area contributed by atoms with E-state index in [0.717, 1.165) is 40.6 Å². The van der Waals surface area contributed by atoms with Gasteiger partial charge in [0, 0.05) is 35.6 Å². The Labute approximate surface area is 191 Å².